The maximum atomic E-state index is 12.2. The van der Waals surface area contributed by atoms with E-state index in [0.29, 0.717) is 24.3 Å². The second kappa shape index (κ2) is 9.58. The Morgan fingerprint density at radius 3 is 2.69 bits per heavy atom. The van der Waals surface area contributed by atoms with E-state index in [-0.39, 0.29) is 18.0 Å². The maximum Gasteiger partial charge on any atom is 0.339 e. The van der Waals surface area contributed by atoms with Gasteiger partial charge < -0.3 is 19.6 Å². The topological polar surface area (TPSA) is 106 Å². The van der Waals surface area contributed by atoms with E-state index >= 15 is 0 Å². The van der Waals surface area contributed by atoms with Crippen LogP contribution in [0.3, 0.4) is 0 Å². The fraction of sp³-hybridized carbons (Fsp3) is 0.500. The van der Waals surface area contributed by atoms with E-state index in [1.165, 1.54) is 0 Å². The van der Waals surface area contributed by atoms with Crippen molar-refractivity contribution in [3.63, 3.8) is 0 Å². The van der Waals surface area contributed by atoms with Crippen molar-refractivity contribution in [1.29, 1.82) is 0 Å². The van der Waals surface area contributed by atoms with Crippen molar-refractivity contribution < 1.29 is 23.8 Å². The number of carbonyl (C=O) groups is 2. The van der Waals surface area contributed by atoms with Gasteiger partial charge in [0.1, 0.15) is 11.3 Å². The Morgan fingerprint density at radius 2 is 1.93 bits per heavy atom. The van der Waals surface area contributed by atoms with Crippen LogP contribution in [0, 0.1) is 0 Å². The number of hydrogen-bond acceptors (Lipinski definition) is 5. The molecular formula is C22H27NO6. The molecule has 1 aliphatic rings. The molecule has 1 aromatic heterocycles. The molecule has 0 aliphatic heterocycles. The number of amides is 1. The van der Waals surface area contributed by atoms with Gasteiger partial charge in [-0.05, 0) is 63.1 Å². The summed E-state index contributed by atoms with van der Waals surface area (Å²) in [6.45, 7) is 2.14. The van der Waals surface area contributed by atoms with Gasteiger partial charge >= 0.3 is 11.6 Å². The fourth-order valence-corrected chi connectivity index (χ4v) is 3.69. The number of unbranched alkanes of at least 4 members (excludes halogenated alkanes) is 2. The molecule has 0 saturated heterocycles. The molecule has 7 heteroatoms. The molecule has 0 fully saturated rings. The van der Waals surface area contributed by atoms with Crippen LogP contribution in [0.1, 0.15) is 56.6 Å². The third-order valence-electron chi connectivity index (χ3n) is 5.24. The van der Waals surface area contributed by atoms with Crippen molar-refractivity contribution in [2.24, 2.45) is 0 Å². The van der Waals surface area contributed by atoms with Crippen LogP contribution >= 0.6 is 0 Å². The number of carboxylic acid groups (broad SMARTS) is 1. The fourth-order valence-electron chi connectivity index (χ4n) is 3.69. The molecule has 7 nitrogen and oxygen atoms in total. The quantitative estimate of drug-likeness (QED) is 0.494. The Balaban J connectivity index is 1.57. The monoisotopic (exact) mass is 401 g/mol. The van der Waals surface area contributed by atoms with Crippen molar-refractivity contribution in [3.05, 3.63) is 39.7 Å². The zero-order chi connectivity index (χ0) is 20.8. The standard InChI is InChI=1S/C22H27NO6/c1-14(21(26)23-12-6-2-3-9-20(24)25)28-15-10-11-17-16-7-4-5-8-18(16)22(27)29-19(17)13-15/h10-11,13-14H,2-9,12H2,1H3,(H,23,26)(H,24,25)/t14-/m1/s1. The second-order valence-electron chi connectivity index (χ2n) is 7.47. The van der Waals surface area contributed by atoms with Gasteiger partial charge in [-0.1, -0.05) is 6.42 Å². The van der Waals surface area contributed by atoms with Gasteiger partial charge in [0.15, 0.2) is 6.10 Å². The third kappa shape index (κ3) is 5.37. The Labute approximate surface area is 169 Å². The van der Waals surface area contributed by atoms with Crippen LogP contribution in [0.25, 0.3) is 11.0 Å². The summed E-state index contributed by atoms with van der Waals surface area (Å²) >= 11 is 0. The summed E-state index contributed by atoms with van der Waals surface area (Å²) in [5, 5.41) is 12.3. The predicted molar refractivity (Wildman–Crippen MR) is 108 cm³/mol. The van der Waals surface area contributed by atoms with Crippen LogP contribution in [0.2, 0.25) is 0 Å². The number of benzene rings is 1. The second-order valence-corrected chi connectivity index (χ2v) is 7.47. The first-order chi connectivity index (χ1) is 14.0. The Morgan fingerprint density at radius 1 is 1.17 bits per heavy atom. The van der Waals surface area contributed by atoms with Crippen LogP contribution in [-0.2, 0) is 22.4 Å². The summed E-state index contributed by atoms with van der Waals surface area (Å²) in [5.74, 6) is -0.571. The van der Waals surface area contributed by atoms with Crippen LogP contribution < -0.4 is 15.7 Å². The Kier molecular flexibility index (Phi) is 6.90. The van der Waals surface area contributed by atoms with E-state index < -0.39 is 12.1 Å². The molecule has 1 atom stereocenters. The SMILES string of the molecule is C[C@@H](Oc1ccc2c3c(c(=O)oc2c1)CCCC3)C(=O)NCCCCCC(=O)O. The first kappa shape index (κ1) is 20.9. The molecule has 29 heavy (non-hydrogen) atoms. The minimum absolute atomic E-state index is 0.148. The molecule has 1 aliphatic carbocycles. The minimum atomic E-state index is -0.803. The molecule has 2 aromatic rings. The molecule has 0 unspecified atom stereocenters. The van der Waals surface area contributed by atoms with Crippen molar-refractivity contribution >= 4 is 22.8 Å². The number of aliphatic carboxylic acids is 1. The summed E-state index contributed by atoms with van der Waals surface area (Å²) in [5.41, 5.74) is 2.06. The van der Waals surface area contributed by atoms with Crippen LogP contribution in [0.15, 0.2) is 27.4 Å². The molecule has 3 rings (SSSR count). The van der Waals surface area contributed by atoms with E-state index in [0.717, 1.165) is 55.0 Å². The zero-order valence-corrected chi connectivity index (χ0v) is 16.7. The first-order valence-electron chi connectivity index (χ1n) is 10.2. The van der Waals surface area contributed by atoms with Crippen LogP contribution in [0.4, 0.5) is 0 Å². The number of rotatable bonds is 9. The van der Waals surface area contributed by atoms with Crippen molar-refractivity contribution in [3.8, 4) is 5.75 Å². The lowest BCUT2D eigenvalue weighted by atomic mass is 9.91. The number of nitrogens with one attached hydrogen (secondary N) is 1. The van der Waals surface area contributed by atoms with E-state index in [1.807, 2.05) is 6.07 Å². The van der Waals surface area contributed by atoms with Crippen molar-refractivity contribution in [2.75, 3.05) is 6.54 Å². The number of hydrogen-bond donors (Lipinski definition) is 2. The number of ether oxygens (including phenoxy) is 1. The summed E-state index contributed by atoms with van der Waals surface area (Å²) in [7, 11) is 0. The van der Waals surface area contributed by atoms with E-state index in [1.54, 1.807) is 19.1 Å². The van der Waals surface area contributed by atoms with Crippen LogP contribution in [0.5, 0.6) is 5.75 Å². The van der Waals surface area contributed by atoms with Gasteiger partial charge in [-0.2, -0.15) is 0 Å². The van der Waals surface area contributed by atoms with Gasteiger partial charge in [-0.25, -0.2) is 4.79 Å². The average molecular weight is 401 g/mol. The molecule has 0 spiro atoms. The maximum absolute atomic E-state index is 12.2. The number of carboxylic acids is 1. The molecule has 2 N–H and O–H groups in total. The summed E-state index contributed by atoms with van der Waals surface area (Å²) < 4.78 is 11.2. The van der Waals surface area contributed by atoms with Crippen molar-refractivity contribution in [1.82, 2.24) is 5.32 Å². The predicted octanol–water partition coefficient (Wildman–Crippen LogP) is 3.20. The van der Waals surface area contributed by atoms with E-state index in [9.17, 15) is 14.4 Å². The molecule has 1 amide bonds. The smallest absolute Gasteiger partial charge is 0.339 e. The Bertz CT molecular complexity index is 948. The Hall–Kier alpha value is -2.83. The largest absolute Gasteiger partial charge is 0.481 e. The number of carbonyl (C=O) groups excluding carboxylic acids is 1. The molecule has 1 aromatic carbocycles. The van der Waals surface area contributed by atoms with Gasteiger partial charge in [-0.3, -0.25) is 9.59 Å². The van der Waals surface area contributed by atoms with Gasteiger partial charge in [-0.15, -0.1) is 0 Å². The summed E-state index contributed by atoms with van der Waals surface area (Å²) in [4.78, 5) is 34.9. The molecular weight excluding hydrogens is 374 g/mol. The number of aryl methyl sites for hydroxylation is 1. The summed E-state index contributed by atoms with van der Waals surface area (Å²) in [6.07, 6.45) is 5.23. The van der Waals surface area contributed by atoms with Gasteiger partial charge in [0, 0.05) is 30.0 Å². The molecule has 1 heterocycles. The van der Waals surface area contributed by atoms with Gasteiger partial charge in [0.2, 0.25) is 0 Å². The highest BCUT2D eigenvalue weighted by atomic mass is 16.5. The summed E-state index contributed by atoms with van der Waals surface area (Å²) in [6, 6.07) is 5.36. The van der Waals surface area contributed by atoms with Gasteiger partial charge in [0.05, 0.1) is 0 Å². The molecule has 0 radical (unpaired) electrons. The normalized spacial score (nSPS) is 14.2. The molecule has 0 saturated carbocycles. The van der Waals surface area contributed by atoms with Gasteiger partial charge in [0.25, 0.3) is 5.91 Å². The van der Waals surface area contributed by atoms with E-state index in [2.05, 4.69) is 5.32 Å². The molecule has 0 bridgehead atoms. The lowest BCUT2D eigenvalue weighted by molar-refractivity contribution is -0.137. The number of fused-ring (bicyclic) bond motifs is 3. The minimum Gasteiger partial charge on any atom is -0.481 e. The van der Waals surface area contributed by atoms with Crippen LogP contribution in [-0.4, -0.2) is 29.6 Å². The average Bonchev–Trinajstić information content (AvgIpc) is 2.70. The highest BCUT2D eigenvalue weighted by Gasteiger charge is 2.19. The first-order valence-corrected chi connectivity index (χ1v) is 10.2. The lowest BCUT2D eigenvalue weighted by Crippen LogP contribution is -2.36. The highest BCUT2D eigenvalue weighted by Crippen LogP contribution is 2.29. The highest BCUT2D eigenvalue weighted by molar-refractivity contribution is 5.83. The lowest BCUT2D eigenvalue weighted by Gasteiger charge is -2.17. The third-order valence-corrected chi connectivity index (χ3v) is 5.24. The molecule has 156 valence electrons. The van der Waals surface area contributed by atoms with E-state index in [4.69, 9.17) is 14.3 Å². The zero-order valence-electron chi connectivity index (χ0n) is 16.7. The van der Waals surface area contributed by atoms with Crippen molar-refractivity contribution in [2.45, 2.75) is 64.4 Å².